The third-order valence-electron chi connectivity index (χ3n) is 3.94. The number of morpholine rings is 1. The molecular weight excluding hydrogens is 339 g/mol. The van der Waals surface area contributed by atoms with Crippen molar-refractivity contribution in [1.29, 1.82) is 0 Å². The third kappa shape index (κ3) is 5.86. The molecule has 2 heterocycles. The molecule has 1 amide bonds. The second-order valence-electron chi connectivity index (χ2n) is 6.35. The molecule has 0 radical (unpaired) electrons. The number of nitrogens with zero attached hydrogens (tertiary/aromatic N) is 2. The molecule has 9 heteroatoms. The van der Waals surface area contributed by atoms with Crippen LogP contribution in [0, 0.1) is 0 Å². The molecule has 1 aromatic heterocycles. The normalized spacial score (nSPS) is 16.5. The molecule has 1 aromatic rings. The van der Waals surface area contributed by atoms with Gasteiger partial charge in [-0.2, -0.15) is 13.2 Å². The molecule has 1 aliphatic heterocycles. The zero-order chi connectivity index (χ0) is 18.5. The van der Waals surface area contributed by atoms with Crippen LogP contribution >= 0.6 is 0 Å². The number of halogens is 3. The molecule has 0 bridgehead atoms. The van der Waals surface area contributed by atoms with Crippen LogP contribution < -0.4 is 10.1 Å². The Balaban J connectivity index is 1.98. The summed E-state index contributed by atoms with van der Waals surface area (Å²) in [4.78, 5) is 18.3. The lowest BCUT2D eigenvalue weighted by molar-refractivity contribution is -0.154. The Bertz CT molecular complexity index is 587. The summed E-state index contributed by atoms with van der Waals surface area (Å²) in [5, 5.41) is 2.75. The van der Waals surface area contributed by atoms with Gasteiger partial charge in [-0.25, -0.2) is 4.98 Å². The van der Waals surface area contributed by atoms with Gasteiger partial charge in [0.2, 0.25) is 5.88 Å². The summed E-state index contributed by atoms with van der Waals surface area (Å²) in [6.45, 7) is 5.60. The highest BCUT2D eigenvalue weighted by molar-refractivity contribution is 5.96. The summed E-state index contributed by atoms with van der Waals surface area (Å²) in [7, 11) is 0. The Morgan fingerprint density at radius 1 is 1.36 bits per heavy atom. The van der Waals surface area contributed by atoms with E-state index in [4.69, 9.17) is 4.74 Å². The van der Waals surface area contributed by atoms with Crippen molar-refractivity contribution in [1.82, 2.24) is 15.2 Å². The second kappa shape index (κ2) is 8.01. The molecule has 1 N–H and O–H groups in total. The lowest BCUT2D eigenvalue weighted by atomic mass is 10.0. The first-order valence-corrected chi connectivity index (χ1v) is 7.95. The van der Waals surface area contributed by atoms with Crippen molar-refractivity contribution in [3.63, 3.8) is 0 Å². The summed E-state index contributed by atoms with van der Waals surface area (Å²) in [6.07, 6.45) is -3.22. The van der Waals surface area contributed by atoms with E-state index in [2.05, 4.69) is 19.9 Å². The number of amides is 1. The molecule has 1 saturated heterocycles. The molecule has 0 unspecified atom stereocenters. The lowest BCUT2D eigenvalue weighted by Gasteiger charge is -2.40. The van der Waals surface area contributed by atoms with Crippen LogP contribution in [0.1, 0.15) is 24.2 Å². The van der Waals surface area contributed by atoms with Crippen LogP contribution in [-0.4, -0.2) is 67.0 Å². The Kier molecular flexibility index (Phi) is 6.23. The number of aromatic nitrogens is 1. The zero-order valence-corrected chi connectivity index (χ0v) is 14.2. The maximum Gasteiger partial charge on any atom is 0.422 e. The van der Waals surface area contributed by atoms with E-state index in [-0.39, 0.29) is 17.0 Å². The fourth-order valence-corrected chi connectivity index (χ4v) is 2.50. The van der Waals surface area contributed by atoms with Crippen molar-refractivity contribution >= 4 is 5.91 Å². The number of alkyl halides is 3. The van der Waals surface area contributed by atoms with Crippen LogP contribution in [-0.2, 0) is 4.74 Å². The fourth-order valence-electron chi connectivity index (χ4n) is 2.50. The number of hydrogen-bond donors (Lipinski definition) is 1. The minimum atomic E-state index is -4.50. The van der Waals surface area contributed by atoms with Gasteiger partial charge >= 0.3 is 6.18 Å². The zero-order valence-electron chi connectivity index (χ0n) is 14.2. The minimum absolute atomic E-state index is 0.0236. The molecule has 25 heavy (non-hydrogen) atoms. The molecule has 2 rings (SSSR count). The minimum Gasteiger partial charge on any atom is -0.467 e. The van der Waals surface area contributed by atoms with Crippen LogP contribution in [0.5, 0.6) is 5.88 Å². The highest BCUT2D eigenvalue weighted by Gasteiger charge is 2.31. The number of carbonyl (C=O) groups is 1. The van der Waals surface area contributed by atoms with Gasteiger partial charge in [0.05, 0.1) is 13.2 Å². The Labute approximate surface area is 144 Å². The quantitative estimate of drug-likeness (QED) is 0.838. The van der Waals surface area contributed by atoms with Gasteiger partial charge in [0, 0.05) is 31.4 Å². The lowest BCUT2D eigenvalue weighted by Crippen LogP contribution is -2.55. The number of ether oxygens (including phenoxy) is 2. The van der Waals surface area contributed by atoms with Gasteiger partial charge in [0.25, 0.3) is 5.91 Å². The van der Waals surface area contributed by atoms with Crippen LogP contribution in [0.3, 0.4) is 0 Å². The predicted molar refractivity (Wildman–Crippen MR) is 84.6 cm³/mol. The topological polar surface area (TPSA) is 63.7 Å². The van der Waals surface area contributed by atoms with Crippen molar-refractivity contribution in [3.8, 4) is 5.88 Å². The Hall–Kier alpha value is -1.87. The van der Waals surface area contributed by atoms with Crippen LogP contribution in [0.2, 0.25) is 0 Å². The molecule has 0 spiro atoms. The fraction of sp³-hybridized carbons (Fsp3) is 0.625. The number of nitrogens with one attached hydrogen (secondary N) is 1. The van der Waals surface area contributed by atoms with Gasteiger partial charge in [-0.1, -0.05) is 0 Å². The van der Waals surface area contributed by atoms with E-state index >= 15 is 0 Å². The first kappa shape index (κ1) is 19.5. The van der Waals surface area contributed by atoms with Gasteiger partial charge in [-0.05, 0) is 26.0 Å². The van der Waals surface area contributed by atoms with Crippen molar-refractivity contribution in [3.05, 3.63) is 23.9 Å². The average Bonchev–Trinajstić information content (AvgIpc) is 2.58. The van der Waals surface area contributed by atoms with E-state index in [1.807, 2.05) is 13.8 Å². The molecule has 1 aliphatic rings. The van der Waals surface area contributed by atoms with Gasteiger partial charge in [0.15, 0.2) is 6.61 Å². The van der Waals surface area contributed by atoms with E-state index in [1.54, 1.807) is 0 Å². The van der Waals surface area contributed by atoms with Crippen LogP contribution in [0.15, 0.2) is 18.3 Å². The largest absolute Gasteiger partial charge is 0.467 e. The van der Waals surface area contributed by atoms with E-state index < -0.39 is 18.7 Å². The molecular formula is C16H22F3N3O3. The average molecular weight is 361 g/mol. The predicted octanol–water partition coefficient (Wildman–Crippen LogP) is 1.86. The van der Waals surface area contributed by atoms with Crippen molar-refractivity contribution in [2.75, 3.05) is 39.5 Å². The number of pyridine rings is 1. The number of carbonyl (C=O) groups excluding carboxylic acids is 1. The van der Waals surface area contributed by atoms with E-state index in [0.29, 0.717) is 19.8 Å². The van der Waals surface area contributed by atoms with Gasteiger partial charge in [0.1, 0.15) is 5.56 Å². The SMILES string of the molecule is CC(C)(CNC(=O)c1cccnc1OCC(F)(F)F)N1CCOCC1. The highest BCUT2D eigenvalue weighted by Crippen LogP contribution is 2.20. The Morgan fingerprint density at radius 2 is 2.04 bits per heavy atom. The molecule has 0 saturated carbocycles. The molecule has 0 aromatic carbocycles. The number of hydrogen-bond acceptors (Lipinski definition) is 5. The first-order valence-electron chi connectivity index (χ1n) is 7.95. The van der Waals surface area contributed by atoms with Crippen LogP contribution in [0.25, 0.3) is 0 Å². The van der Waals surface area contributed by atoms with Crippen LogP contribution in [0.4, 0.5) is 13.2 Å². The molecule has 6 nitrogen and oxygen atoms in total. The smallest absolute Gasteiger partial charge is 0.422 e. The maximum absolute atomic E-state index is 12.4. The van der Waals surface area contributed by atoms with Crippen molar-refractivity contribution < 1.29 is 27.4 Å². The van der Waals surface area contributed by atoms with E-state index in [1.165, 1.54) is 18.3 Å². The first-order chi connectivity index (χ1) is 11.7. The Morgan fingerprint density at radius 3 is 2.68 bits per heavy atom. The van der Waals surface area contributed by atoms with Crippen molar-refractivity contribution in [2.24, 2.45) is 0 Å². The summed E-state index contributed by atoms with van der Waals surface area (Å²) in [5.74, 6) is -0.854. The molecule has 0 atom stereocenters. The third-order valence-corrected chi connectivity index (χ3v) is 3.94. The van der Waals surface area contributed by atoms with Gasteiger partial charge in [-0.15, -0.1) is 0 Å². The maximum atomic E-state index is 12.4. The molecule has 140 valence electrons. The summed E-state index contributed by atoms with van der Waals surface area (Å²) < 4.78 is 46.9. The highest BCUT2D eigenvalue weighted by atomic mass is 19.4. The van der Waals surface area contributed by atoms with Gasteiger partial charge in [-0.3, -0.25) is 9.69 Å². The molecule has 0 aliphatic carbocycles. The van der Waals surface area contributed by atoms with E-state index in [9.17, 15) is 18.0 Å². The van der Waals surface area contributed by atoms with Crippen molar-refractivity contribution in [2.45, 2.75) is 25.6 Å². The monoisotopic (exact) mass is 361 g/mol. The van der Waals surface area contributed by atoms with Gasteiger partial charge < -0.3 is 14.8 Å². The standard InChI is InChI=1S/C16H22F3N3O3/c1-15(2,22-6-8-24-9-7-22)10-21-13(23)12-4-3-5-20-14(12)25-11-16(17,18)19/h3-5H,6-11H2,1-2H3,(H,21,23). The molecule has 1 fully saturated rings. The summed E-state index contributed by atoms with van der Waals surface area (Å²) in [6, 6.07) is 2.86. The summed E-state index contributed by atoms with van der Waals surface area (Å²) in [5.41, 5.74) is -0.334. The second-order valence-corrected chi connectivity index (χ2v) is 6.35. The van der Waals surface area contributed by atoms with E-state index in [0.717, 1.165) is 13.1 Å². The summed E-state index contributed by atoms with van der Waals surface area (Å²) >= 11 is 0. The number of rotatable bonds is 6.